The number of methoxy groups -OCH3 is 2. The SMILES string of the molecule is COc1cc(/C=C/C(=O)OCC(=O)N[C@H](C)c2ccc3c(c2)OCO3)cc(OC)c1. The molecule has 0 saturated carbocycles. The van der Waals surface area contributed by atoms with Gasteiger partial charge in [-0.2, -0.15) is 0 Å². The molecule has 30 heavy (non-hydrogen) atoms. The predicted octanol–water partition coefficient (Wildman–Crippen LogP) is 2.87. The Bertz CT molecular complexity index is 932. The van der Waals surface area contributed by atoms with Gasteiger partial charge in [-0.3, -0.25) is 4.79 Å². The summed E-state index contributed by atoms with van der Waals surface area (Å²) in [7, 11) is 3.08. The molecule has 1 aliphatic heterocycles. The molecule has 0 saturated heterocycles. The van der Waals surface area contributed by atoms with Gasteiger partial charge in [-0.1, -0.05) is 6.07 Å². The van der Waals surface area contributed by atoms with Crippen molar-refractivity contribution in [3.05, 3.63) is 53.6 Å². The number of amides is 1. The zero-order valence-corrected chi connectivity index (χ0v) is 17.0. The van der Waals surface area contributed by atoms with Gasteiger partial charge in [0.05, 0.1) is 20.3 Å². The van der Waals surface area contributed by atoms with Gasteiger partial charge in [0, 0.05) is 12.1 Å². The highest BCUT2D eigenvalue weighted by Crippen LogP contribution is 2.34. The van der Waals surface area contributed by atoms with Crippen molar-refractivity contribution in [3.8, 4) is 23.0 Å². The van der Waals surface area contributed by atoms with Gasteiger partial charge in [-0.25, -0.2) is 4.79 Å². The Morgan fingerprint density at radius 2 is 1.77 bits per heavy atom. The number of carbonyl (C=O) groups excluding carboxylic acids is 2. The number of ether oxygens (including phenoxy) is 5. The molecule has 158 valence electrons. The first-order valence-electron chi connectivity index (χ1n) is 9.25. The number of hydrogen-bond donors (Lipinski definition) is 1. The first-order chi connectivity index (χ1) is 14.5. The summed E-state index contributed by atoms with van der Waals surface area (Å²) >= 11 is 0. The number of esters is 1. The number of benzene rings is 2. The number of hydrogen-bond acceptors (Lipinski definition) is 7. The van der Waals surface area contributed by atoms with E-state index in [1.807, 2.05) is 19.1 Å². The van der Waals surface area contributed by atoms with Crippen LogP contribution in [0, 0.1) is 0 Å². The second-order valence-corrected chi connectivity index (χ2v) is 6.49. The van der Waals surface area contributed by atoms with Crippen LogP contribution in [0.25, 0.3) is 6.08 Å². The summed E-state index contributed by atoms with van der Waals surface area (Å²) in [6.07, 6.45) is 2.79. The van der Waals surface area contributed by atoms with Crippen LogP contribution in [-0.2, 0) is 14.3 Å². The molecule has 0 aliphatic carbocycles. The molecular weight excluding hydrogens is 390 g/mol. The van der Waals surface area contributed by atoms with Gasteiger partial charge in [0.25, 0.3) is 5.91 Å². The van der Waals surface area contributed by atoms with Crippen LogP contribution in [0.2, 0.25) is 0 Å². The highest BCUT2D eigenvalue weighted by atomic mass is 16.7. The van der Waals surface area contributed by atoms with E-state index < -0.39 is 11.9 Å². The maximum atomic E-state index is 12.1. The molecule has 1 heterocycles. The minimum absolute atomic E-state index is 0.186. The van der Waals surface area contributed by atoms with Gasteiger partial charge in [0.15, 0.2) is 18.1 Å². The number of rotatable bonds is 8. The van der Waals surface area contributed by atoms with Crippen LogP contribution >= 0.6 is 0 Å². The molecule has 1 amide bonds. The minimum atomic E-state index is -0.636. The number of carbonyl (C=O) groups is 2. The molecule has 0 radical (unpaired) electrons. The van der Waals surface area contributed by atoms with Gasteiger partial charge in [-0.05, 0) is 48.4 Å². The molecule has 3 rings (SSSR count). The van der Waals surface area contributed by atoms with Crippen LogP contribution in [0.3, 0.4) is 0 Å². The van der Waals surface area contributed by atoms with Crippen molar-refractivity contribution in [1.29, 1.82) is 0 Å². The third-order valence-corrected chi connectivity index (χ3v) is 4.41. The second-order valence-electron chi connectivity index (χ2n) is 6.49. The van der Waals surface area contributed by atoms with Crippen molar-refractivity contribution in [2.24, 2.45) is 0 Å². The average Bonchev–Trinajstić information content (AvgIpc) is 3.23. The van der Waals surface area contributed by atoms with Crippen molar-refractivity contribution >= 4 is 18.0 Å². The van der Waals surface area contributed by atoms with E-state index in [2.05, 4.69) is 5.32 Å². The Labute approximate surface area is 174 Å². The van der Waals surface area contributed by atoms with Gasteiger partial charge in [-0.15, -0.1) is 0 Å². The molecule has 0 bridgehead atoms. The first-order valence-corrected chi connectivity index (χ1v) is 9.25. The molecule has 8 heteroatoms. The van der Waals surface area contributed by atoms with E-state index in [9.17, 15) is 9.59 Å². The summed E-state index contributed by atoms with van der Waals surface area (Å²) in [6.45, 7) is 1.62. The summed E-state index contributed by atoms with van der Waals surface area (Å²) in [6, 6.07) is 10.4. The molecule has 1 aliphatic rings. The summed E-state index contributed by atoms with van der Waals surface area (Å²) in [5.41, 5.74) is 1.55. The van der Waals surface area contributed by atoms with Crippen molar-refractivity contribution in [2.75, 3.05) is 27.6 Å². The lowest BCUT2D eigenvalue weighted by Gasteiger charge is -2.14. The average molecular weight is 413 g/mol. The highest BCUT2D eigenvalue weighted by Gasteiger charge is 2.17. The van der Waals surface area contributed by atoms with E-state index in [4.69, 9.17) is 23.7 Å². The van der Waals surface area contributed by atoms with Crippen LogP contribution in [-0.4, -0.2) is 39.5 Å². The molecule has 1 N–H and O–H groups in total. The van der Waals surface area contributed by atoms with E-state index in [0.29, 0.717) is 28.6 Å². The van der Waals surface area contributed by atoms with Crippen LogP contribution in [0.15, 0.2) is 42.5 Å². The number of fused-ring (bicyclic) bond motifs is 1. The summed E-state index contributed by atoms with van der Waals surface area (Å²) in [5, 5.41) is 2.78. The van der Waals surface area contributed by atoms with Crippen molar-refractivity contribution in [1.82, 2.24) is 5.32 Å². The molecule has 2 aromatic carbocycles. The lowest BCUT2D eigenvalue weighted by molar-refractivity contribution is -0.144. The summed E-state index contributed by atoms with van der Waals surface area (Å²) < 4.78 is 26.0. The molecule has 8 nitrogen and oxygen atoms in total. The van der Waals surface area contributed by atoms with Crippen molar-refractivity contribution in [3.63, 3.8) is 0 Å². The van der Waals surface area contributed by atoms with Gasteiger partial charge < -0.3 is 29.0 Å². The highest BCUT2D eigenvalue weighted by molar-refractivity contribution is 5.89. The Morgan fingerprint density at radius 1 is 1.07 bits per heavy atom. The van der Waals surface area contributed by atoms with Gasteiger partial charge >= 0.3 is 5.97 Å². The first kappa shape index (κ1) is 21.0. The Hall–Kier alpha value is -3.68. The Kier molecular flexibility index (Phi) is 6.79. The molecule has 0 unspecified atom stereocenters. The monoisotopic (exact) mass is 413 g/mol. The van der Waals surface area contributed by atoms with Gasteiger partial charge in [0.1, 0.15) is 11.5 Å². The fraction of sp³-hybridized carbons (Fsp3) is 0.273. The van der Waals surface area contributed by atoms with Gasteiger partial charge in [0.2, 0.25) is 6.79 Å². The maximum absolute atomic E-state index is 12.1. The third kappa shape index (κ3) is 5.44. The quantitative estimate of drug-likeness (QED) is 0.525. The Balaban J connectivity index is 1.49. The molecule has 0 fully saturated rings. The van der Waals surface area contributed by atoms with E-state index in [1.165, 1.54) is 6.08 Å². The zero-order valence-electron chi connectivity index (χ0n) is 17.0. The minimum Gasteiger partial charge on any atom is -0.497 e. The largest absolute Gasteiger partial charge is 0.497 e. The van der Waals surface area contributed by atoms with E-state index in [1.54, 1.807) is 44.6 Å². The lowest BCUT2D eigenvalue weighted by Crippen LogP contribution is -2.30. The molecule has 2 aromatic rings. The summed E-state index contributed by atoms with van der Waals surface area (Å²) in [4.78, 5) is 24.0. The predicted molar refractivity (Wildman–Crippen MR) is 109 cm³/mol. The summed E-state index contributed by atoms with van der Waals surface area (Å²) in [5.74, 6) is 1.46. The van der Waals surface area contributed by atoms with E-state index in [-0.39, 0.29) is 19.4 Å². The maximum Gasteiger partial charge on any atom is 0.331 e. The van der Waals surface area contributed by atoms with Crippen LogP contribution in [0.5, 0.6) is 23.0 Å². The zero-order chi connectivity index (χ0) is 21.5. The van der Waals surface area contributed by atoms with Crippen molar-refractivity contribution in [2.45, 2.75) is 13.0 Å². The topological polar surface area (TPSA) is 92.3 Å². The normalized spacial score (nSPS) is 13.0. The van der Waals surface area contributed by atoms with Crippen molar-refractivity contribution < 1.29 is 33.3 Å². The van der Waals surface area contributed by atoms with Crippen LogP contribution in [0.4, 0.5) is 0 Å². The fourth-order valence-corrected chi connectivity index (χ4v) is 2.82. The Morgan fingerprint density at radius 3 is 2.47 bits per heavy atom. The standard InChI is InChI=1S/C22H23NO7/c1-14(16-5-6-19-20(10-16)30-13-29-19)23-21(24)12-28-22(25)7-4-15-8-17(26-2)11-18(9-15)27-3/h4-11,14H,12-13H2,1-3H3,(H,23,24)/b7-4+/t14-/m1/s1. The van der Waals surface area contributed by atoms with Crippen LogP contribution < -0.4 is 24.3 Å². The molecular formula is C22H23NO7. The second kappa shape index (κ2) is 9.69. The molecule has 0 aromatic heterocycles. The smallest absolute Gasteiger partial charge is 0.331 e. The number of nitrogens with one attached hydrogen (secondary N) is 1. The third-order valence-electron chi connectivity index (χ3n) is 4.41. The fourth-order valence-electron chi connectivity index (χ4n) is 2.82. The molecule has 0 spiro atoms. The lowest BCUT2D eigenvalue weighted by atomic mass is 10.1. The van der Waals surface area contributed by atoms with E-state index >= 15 is 0 Å². The van der Waals surface area contributed by atoms with E-state index in [0.717, 1.165) is 5.56 Å². The molecule has 1 atom stereocenters. The van der Waals surface area contributed by atoms with Crippen LogP contribution in [0.1, 0.15) is 24.1 Å².